The SMILES string of the molecule is C#Cc1cccc(Nc2ncnc3ccc(N4CC5(CCN5)C4)nc23)c1F. The zero-order valence-corrected chi connectivity index (χ0v) is 14.5. The van der Waals surface area contributed by atoms with Crippen molar-refractivity contribution in [2.45, 2.75) is 12.0 Å². The maximum Gasteiger partial charge on any atom is 0.162 e. The van der Waals surface area contributed by atoms with Gasteiger partial charge >= 0.3 is 0 Å². The molecule has 2 aliphatic rings. The van der Waals surface area contributed by atoms with E-state index in [-0.39, 0.29) is 16.8 Å². The number of rotatable bonds is 3. The van der Waals surface area contributed by atoms with Crippen molar-refractivity contribution in [3.05, 3.63) is 48.0 Å². The van der Waals surface area contributed by atoms with E-state index in [1.54, 1.807) is 18.2 Å². The van der Waals surface area contributed by atoms with E-state index in [2.05, 4.69) is 31.4 Å². The van der Waals surface area contributed by atoms with Crippen LogP contribution in [0.2, 0.25) is 0 Å². The van der Waals surface area contributed by atoms with Gasteiger partial charge in [0.2, 0.25) is 0 Å². The summed E-state index contributed by atoms with van der Waals surface area (Å²) in [5, 5.41) is 6.51. The molecule has 1 spiro atoms. The van der Waals surface area contributed by atoms with Crippen molar-refractivity contribution in [3.8, 4) is 12.3 Å². The average Bonchev–Trinajstić information content (AvgIpc) is 2.61. The van der Waals surface area contributed by atoms with Crippen LogP contribution in [0.4, 0.5) is 21.7 Å². The van der Waals surface area contributed by atoms with Crippen LogP contribution in [-0.2, 0) is 0 Å². The van der Waals surface area contributed by atoms with Crippen LogP contribution < -0.4 is 15.5 Å². The van der Waals surface area contributed by atoms with E-state index in [1.165, 1.54) is 12.7 Å². The van der Waals surface area contributed by atoms with Gasteiger partial charge in [0.05, 0.1) is 22.3 Å². The fourth-order valence-electron chi connectivity index (χ4n) is 3.66. The molecular weight excluding hydrogens is 343 g/mol. The molecule has 7 heteroatoms. The summed E-state index contributed by atoms with van der Waals surface area (Å²) in [5.74, 6) is 3.18. The Labute approximate surface area is 155 Å². The Balaban J connectivity index is 1.49. The lowest BCUT2D eigenvalue weighted by molar-refractivity contribution is 0.159. The molecule has 0 atom stereocenters. The maximum absolute atomic E-state index is 14.5. The van der Waals surface area contributed by atoms with Crippen LogP contribution in [0.5, 0.6) is 0 Å². The first kappa shape index (κ1) is 16.0. The number of fused-ring (bicyclic) bond motifs is 1. The van der Waals surface area contributed by atoms with Crippen LogP contribution in [0.3, 0.4) is 0 Å². The van der Waals surface area contributed by atoms with E-state index in [0.717, 1.165) is 25.5 Å². The van der Waals surface area contributed by atoms with Crippen LogP contribution in [-0.4, -0.2) is 40.1 Å². The third-order valence-corrected chi connectivity index (χ3v) is 5.29. The Kier molecular flexibility index (Phi) is 3.49. The Hall–Kier alpha value is -3.24. The molecule has 2 fully saturated rings. The fourth-order valence-corrected chi connectivity index (χ4v) is 3.66. The standard InChI is InChI=1S/C20H17FN6/c1-2-13-4-3-5-14(17(13)21)25-19-18-15(22-12-23-19)6-7-16(26-18)27-10-20(11-27)8-9-24-20/h1,3-7,12,24H,8-11H2,(H,22,23,25). The van der Waals surface area contributed by atoms with Gasteiger partial charge in [-0.05, 0) is 37.2 Å². The summed E-state index contributed by atoms with van der Waals surface area (Å²) < 4.78 is 14.5. The van der Waals surface area contributed by atoms with Gasteiger partial charge in [0.15, 0.2) is 11.6 Å². The van der Waals surface area contributed by atoms with Crippen molar-refractivity contribution in [1.29, 1.82) is 0 Å². The minimum Gasteiger partial charge on any atom is -0.353 e. The molecule has 0 unspecified atom stereocenters. The Morgan fingerprint density at radius 1 is 1.22 bits per heavy atom. The Morgan fingerprint density at radius 2 is 2.07 bits per heavy atom. The summed E-state index contributed by atoms with van der Waals surface area (Å²) in [6.45, 7) is 2.98. The normalized spacial score (nSPS) is 17.3. The van der Waals surface area contributed by atoms with Crippen molar-refractivity contribution in [2.24, 2.45) is 0 Å². The molecule has 1 aromatic carbocycles. The van der Waals surface area contributed by atoms with Crippen LogP contribution in [0.1, 0.15) is 12.0 Å². The van der Waals surface area contributed by atoms with Crippen molar-refractivity contribution >= 4 is 28.4 Å². The minimum absolute atomic E-state index is 0.200. The van der Waals surface area contributed by atoms with Crippen LogP contribution in [0.25, 0.3) is 11.0 Å². The molecule has 3 aromatic rings. The number of benzene rings is 1. The van der Waals surface area contributed by atoms with Crippen molar-refractivity contribution < 1.29 is 4.39 Å². The van der Waals surface area contributed by atoms with Gasteiger partial charge < -0.3 is 15.5 Å². The quantitative estimate of drug-likeness (QED) is 0.700. The third-order valence-electron chi connectivity index (χ3n) is 5.29. The largest absolute Gasteiger partial charge is 0.353 e. The second kappa shape index (κ2) is 5.89. The molecule has 27 heavy (non-hydrogen) atoms. The molecule has 2 N–H and O–H groups in total. The van der Waals surface area contributed by atoms with Gasteiger partial charge in [0.1, 0.15) is 17.7 Å². The molecule has 6 nitrogen and oxygen atoms in total. The molecule has 0 saturated carbocycles. The zero-order valence-electron chi connectivity index (χ0n) is 14.5. The zero-order chi connectivity index (χ0) is 18.4. The van der Waals surface area contributed by atoms with E-state index >= 15 is 0 Å². The maximum atomic E-state index is 14.5. The third kappa shape index (κ3) is 2.57. The second-order valence-electron chi connectivity index (χ2n) is 7.01. The van der Waals surface area contributed by atoms with Gasteiger partial charge in [-0.25, -0.2) is 19.3 Å². The summed E-state index contributed by atoms with van der Waals surface area (Å²) in [5.41, 5.74) is 2.03. The van der Waals surface area contributed by atoms with E-state index in [1.807, 2.05) is 12.1 Å². The molecular formula is C20H17FN6. The number of nitrogens with one attached hydrogen (secondary N) is 2. The monoisotopic (exact) mass is 360 g/mol. The highest BCUT2D eigenvalue weighted by atomic mass is 19.1. The fraction of sp³-hybridized carbons (Fsp3) is 0.250. The summed E-state index contributed by atoms with van der Waals surface area (Å²) in [6.07, 6.45) is 7.99. The number of pyridine rings is 1. The van der Waals surface area contributed by atoms with Gasteiger partial charge in [-0.1, -0.05) is 12.0 Å². The second-order valence-corrected chi connectivity index (χ2v) is 7.01. The van der Waals surface area contributed by atoms with Crippen molar-refractivity contribution in [3.63, 3.8) is 0 Å². The number of nitrogens with zero attached hydrogens (tertiary/aromatic N) is 4. The lowest BCUT2D eigenvalue weighted by Gasteiger charge is -2.56. The molecule has 0 bridgehead atoms. The smallest absolute Gasteiger partial charge is 0.162 e. The number of aromatic nitrogens is 3. The Morgan fingerprint density at radius 3 is 2.81 bits per heavy atom. The van der Waals surface area contributed by atoms with E-state index in [9.17, 15) is 4.39 Å². The summed E-state index contributed by atoms with van der Waals surface area (Å²) >= 11 is 0. The lowest BCUT2D eigenvalue weighted by Crippen LogP contribution is -2.76. The highest BCUT2D eigenvalue weighted by Crippen LogP contribution is 2.34. The van der Waals surface area contributed by atoms with E-state index in [4.69, 9.17) is 11.4 Å². The average molecular weight is 360 g/mol. The first-order valence-corrected chi connectivity index (χ1v) is 8.81. The van der Waals surface area contributed by atoms with Gasteiger partial charge in [-0.15, -0.1) is 6.42 Å². The van der Waals surface area contributed by atoms with E-state index in [0.29, 0.717) is 16.9 Å². The van der Waals surface area contributed by atoms with Gasteiger partial charge in [-0.3, -0.25) is 0 Å². The predicted octanol–water partition coefficient (Wildman–Crippen LogP) is 2.44. The summed E-state index contributed by atoms with van der Waals surface area (Å²) in [4.78, 5) is 15.5. The number of hydrogen-bond acceptors (Lipinski definition) is 6. The molecule has 2 saturated heterocycles. The molecule has 4 heterocycles. The van der Waals surface area contributed by atoms with Gasteiger partial charge in [0, 0.05) is 13.1 Å². The number of halogens is 1. The summed E-state index contributed by atoms with van der Waals surface area (Å²) in [7, 11) is 0. The molecule has 0 radical (unpaired) electrons. The van der Waals surface area contributed by atoms with Gasteiger partial charge in [-0.2, -0.15) is 0 Å². The Bertz CT molecular complexity index is 1080. The predicted molar refractivity (Wildman–Crippen MR) is 103 cm³/mol. The summed E-state index contributed by atoms with van der Waals surface area (Å²) in [6, 6.07) is 8.76. The van der Waals surface area contributed by atoms with Crippen LogP contribution in [0, 0.1) is 18.2 Å². The topological polar surface area (TPSA) is 66.0 Å². The lowest BCUT2D eigenvalue weighted by atomic mass is 9.80. The number of hydrogen-bond donors (Lipinski definition) is 2. The number of anilines is 3. The first-order chi connectivity index (χ1) is 13.2. The van der Waals surface area contributed by atoms with Crippen LogP contribution in [0.15, 0.2) is 36.7 Å². The van der Waals surface area contributed by atoms with Gasteiger partial charge in [0.25, 0.3) is 0 Å². The van der Waals surface area contributed by atoms with E-state index < -0.39 is 5.82 Å². The van der Waals surface area contributed by atoms with Crippen molar-refractivity contribution in [2.75, 3.05) is 29.9 Å². The molecule has 134 valence electrons. The highest BCUT2D eigenvalue weighted by molar-refractivity contribution is 5.88. The first-order valence-electron chi connectivity index (χ1n) is 8.81. The molecule has 2 aliphatic heterocycles. The van der Waals surface area contributed by atoms with Crippen LogP contribution >= 0.6 is 0 Å². The minimum atomic E-state index is -0.483. The molecule has 5 rings (SSSR count). The molecule has 0 aliphatic carbocycles. The number of terminal acetylenes is 1. The van der Waals surface area contributed by atoms with Crippen molar-refractivity contribution in [1.82, 2.24) is 20.3 Å². The molecule has 2 aromatic heterocycles. The molecule has 0 amide bonds. The highest BCUT2D eigenvalue weighted by Gasteiger charge is 2.47.